The molecule has 0 spiro atoms. The molecule has 0 fully saturated rings. The Bertz CT molecular complexity index is 1030. The van der Waals surface area contributed by atoms with Crippen LogP contribution < -0.4 is 10.9 Å². The largest absolute Gasteiger partial charge is 0.507 e. The van der Waals surface area contributed by atoms with Crippen molar-refractivity contribution in [1.82, 2.24) is 0 Å². The molecule has 0 saturated carbocycles. The fourth-order valence-corrected chi connectivity index (χ4v) is 3.47. The summed E-state index contributed by atoms with van der Waals surface area (Å²) in [5.74, 6) is 0.0815. The lowest BCUT2D eigenvalue weighted by Gasteiger charge is -2.09. The molecule has 0 aromatic heterocycles. The van der Waals surface area contributed by atoms with Crippen LogP contribution in [0.2, 0.25) is 0 Å². The molecule has 0 aliphatic carbocycles. The fourth-order valence-electron chi connectivity index (χ4n) is 2.82. The van der Waals surface area contributed by atoms with Crippen molar-refractivity contribution in [3.63, 3.8) is 0 Å². The summed E-state index contributed by atoms with van der Waals surface area (Å²) in [6.07, 6.45) is 0. The number of hydrogen-bond donors (Lipinski definition) is 4. The van der Waals surface area contributed by atoms with Gasteiger partial charge in [0, 0.05) is 21.5 Å². The first kappa shape index (κ1) is 12.2. The number of aromatic hydroxyl groups is 1. The number of rotatable bonds is 1. The minimum atomic E-state index is -4.35. The van der Waals surface area contributed by atoms with E-state index in [1.54, 1.807) is 6.07 Å². The van der Waals surface area contributed by atoms with E-state index in [1.165, 1.54) is 12.1 Å². The highest BCUT2D eigenvalue weighted by atomic mass is 32.2. The van der Waals surface area contributed by atoms with E-state index in [2.05, 4.69) is 10.9 Å². The van der Waals surface area contributed by atoms with E-state index >= 15 is 0 Å². The molecule has 4 N–H and O–H groups in total. The molecule has 106 valence electrons. The van der Waals surface area contributed by atoms with Gasteiger partial charge in [0.1, 0.15) is 10.6 Å². The minimum absolute atomic E-state index is 0.0815. The monoisotopic (exact) mass is 302 g/mol. The molecule has 1 heterocycles. The zero-order chi connectivity index (χ0) is 14.8. The Labute approximate surface area is 119 Å². The van der Waals surface area contributed by atoms with Crippen molar-refractivity contribution >= 4 is 43.0 Å². The number of benzene rings is 3. The number of anilines is 2. The molecule has 0 unspecified atom stereocenters. The molecule has 1 aliphatic heterocycles. The van der Waals surface area contributed by atoms with Crippen molar-refractivity contribution in [2.75, 3.05) is 10.9 Å². The van der Waals surface area contributed by atoms with Gasteiger partial charge in [0.05, 0.1) is 11.4 Å². The Hall–Kier alpha value is -2.51. The number of nitrogens with one attached hydrogen (secondary N) is 2. The Morgan fingerprint density at radius 2 is 1.52 bits per heavy atom. The highest BCUT2D eigenvalue weighted by molar-refractivity contribution is 7.86. The Balaban J connectivity index is 2.29. The van der Waals surface area contributed by atoms with Crippen LogP contribution in [0.4, 0.5) is 11.4 Å². The predicted molar refractivity (Wildman–Crippen MR) is 80.2 cm³/mol. The van der Waals surface area contributed by atoms with Gasteiger partial charge in [-0.3, -0.25) is 15.4 Å². The summed E-state index contributed by atoms with van der Waals surface area (Å²) in [5.41, 5.74) is 6.61. The Morgan fingerprint density at radius 3 is 2.24 bits per heavy atom. The highest BCUT2D eigenvalue weighted by Gasteiger charge is 2.26. The molecule has 3 aromatic carbocycles. The molecular weight excluding hydrogens is 292 g/mol. The molecule has 4 rings (SSSR count). The van der Waals surface area contributed by atoms with E-state index in [-0.39, 0.29) is 16.3 Å². The van der Waals surface area contributed by atoms with Gasteiger partial charge in [0.2, 0.25) is 0 Å². The molecule has 1 aliphatic rings. The van der Waals surface area contributed by atoms with E-state index in [0.29, 0.717) is 21.8 Å². The second-order valence-corrected chi connectivity index (χ2v) is 6.25. The normalized spacial score (nSPS) is 13.4. The van der Waals surface area contributed by atoms with Crippen LogP contribution in [-0.4, -0.2) is 18.1 Å². The molecule has 3 aromatic rings. The van der Waals surface area contributed by atoms with Gasteiger partial charge in [0.15, 0.2) is 0 Å². The number of phenols is 1. The fraction of sp³-hybridized carbons (Fsp3) is 0. The lowest BCUT2D eigenvalue weighted by atomic mass is 9.99. The second-order valence-electron chi connectivity index (χ2n) is 4.86. The molecule has 0 radical (unpaired) electrons. The summed E-state index contributed by atoms with van der Waals surface area (Å²) >= 11 is 0. The molecule has 21 heavy (non-hydrogen) atoms. The zero-order valence-electron chi connectivity index (χ0n) is 10.6. The molecule has 6 nitrogen and oxygen atoms in total. The SMILES string of the molecule is O=S(=O)(O)c1ccc2c(O)c3ccccc3c3c2c1NN3. The Morgan fingerprint density at radius 1 is 0.857 bits per heavy atom. The van der Waals surface area contributed by atoms with E-state index in [0.717, 1.165) is 5.39 Å². The van der Waals surface area contributed by atoms with Gasteiger partial charge in [-0.15, -0.1) is 0 Å². The van der Waals surface area contributed by atoms with Crippen molar-refractivity contribution in [3.05, 3.63) is 36.4 Å². The number of phenolic OH excluding ortho intramolecular Hbond substituents is 1. The van der Waals surface area contributed by atoms with Gasteiger partial charge in [-0.1, -0.05) is 24.3 Å². The van der Waals surface area contributed by atoms with Gasteiger partial charge in [0.25, 0.3) is 10.1 Å². The van der Waals surface area contributed by atoms with Crippen molar-refractivity contribution in [2.24, 2.45) is 0 Å². The number of hydrogen-bond acceptors (Lipinski definition) is 5. The lowest BCUT2D eigenvalue weighted by molar-refractivity contribution is 0.483. The molecule has 0 bridgehead atoms. The highest BCUT2D eigenvalue weighted by Crippen LogP contribution is 2.48. The first-order valence-corrected chi connectivity index (χ1v) is 7.62. The van der Waals surface area contributed by atoms with Crippen LogP contribution >= 0.6 is 0 Å². The first-order valence-electron chi connectivity index (χ1n) is 6.18. The van der Waals surface area contributed by atoms with E-state index in [9.17, 15) is 18.1 Å². The van der Waals surface area contributed by atoms with Crippen molar-refractivity contribution in [1.29, 1.82) is 0 Å². The summed E-state index contributed by atoms with van der Waals surface area (Å²) in [7, 11) is -4.35. The minimum Gasteiger partial charge on any atom is -0.507 e. The molecule has 0 atom stereocenters. The van der Waals surface area contributed by atoms with Crippen molar-refractivity contribution in [3.8, 4) is 5.75 Å². The summed E-state index contributed by atoms with van der Waals surface area (Å²) < 4.78 is 32.2. The third-order valence-electron chi connectivity index (χ3n) is 3.71. The Kier molecular flexibility index (Phi) is 2.20. The van der Waals surface area contributed by atoms with Gasteiger partial charge in [-0.2, -0.15) is 8.42 Å². The lowest BCUT2D eigenvalue weighted by Crippen LogP contribution is -2.06. The quantitative estimate of drug-likeness (QED) is 0.313. The van der Waals surface area contributed by atoms with Crippen molar-refractivity contribution < 1.29 is 18.1 Å². The molecule has 7 heteroatoms. The third-order valence-corrected chi connectivity index (χ3v) is 4.61. The van der Waals surface area contributed by atoms with E-state index in [1.807, 2.05) is 18.2 Å². The topological polar surface area (TPSA) is 98.7 Å². The van der Waals surface area contributed by atoms with E-state index in [4.69, 9.17) is 0 Å². The maximum atomic E-state index is 11.5. The predicted octanol–water partition coefficient (Wildman–Crippen LogP) is 2.70. The zero-order valence-corrected chi connectivity index (χ0v) is 11.4. The summed E-state index contributed by atoms with van der Waals surface area (Å²) in [5, 5.41) is 12.9. The van der Waals surface area contributed by atoms with Crippen LogP contribution in [0.1, 0.15) is 0 Å². The van der Waals surface area contributed by atoms with Gasteiger partial charge < -0.3 is 5.11 Å². The smallest absolute Gasteiger partial charge is 0.296 e. The second kappa shape index (κ2) is 3.78. The standard InChI is InChI=1S/C14H10N2O4S/c17-14-8-4-2-1-3-7(8)12-11-9(14)5-6-10(21(18,19)20)13(11)16-15-12/h1-6,15-17H,(H,18,19,20). The van der Waals surface area contributed by atoms with E-state index < -0.39 is 10.1 Å². The van der Waals surface area contributed by atoms with Crippen LogP contribution in [0.25, 0.3) is 21.5 Å². The third kappa shape index (κ3) is 1.52. The molecule has 0 saturated heterocycles. The van der Waals surface area contributed by atoms with Gasteiger partial charge in [-0.25, -0.2) is 0 Å². The van der Waals surface area contributed by atoms with Crippen LogP contribution in [0, 0.1) is 0 Å². The maximum absolute atomic E-state index is 11.5. The maximum Gasteiger partial charge on any atom is 0.296 e. The molecular formula is C14H10N2O4S. The average Bonchev–Trinajstić information content (AvgIpc) is 2.88. The first-order chi connectivity index (χ1) is 9.98. The average molecular weight is 302 g/mol. The van der Waals surface area contributed by atoms with Crippen LogP contribution in [-0.2, 0) is 10.1 Å². The van der Waals surface area contributed by atoms with Crippen LogP contribution in [0.15, 0.2) is 41.3 Å². The number of hydrazine groups is 1. The van der Waals surface area contributed by atoms with Crippen LogP contribution in [0.5, 0.6) is 5.75 Å². The summed E-state index contributed by atoms with van der Waals surface area (Å²) in [6.45, 7) is 0. The van der Waals surface area contributed by atoms with Gasteiger partial charge >= 0.3 is 0 Å². The van der Waals surface area contributed by atoms with Crippen LogP contribution in [0.3, 0.4) is 0 Å². The summed E-state index contributed by atoms with van der Waals surface area (Å²) in [4.78, 5) is -0.226. The number of fused-ring (bicyclic) bond motifs is 2. The van der Waals surface area contributed by atoms with Crippen molar-refractivity contribution in [2.45, 2.75) is 4.90 Å². The molecule has 0 amide bonds. The summed E-state index contributed by atoms with van der Waals surface area (Å²) in [6, 6.07) is 10.0. The van der Waals surface area contributed by atoms with Gasteiger partial charge in [-0.05, 0) is 12.1 Å².